The third-order valence-electron chi connectivity index (χ3n) is 2.21. The molecule has 3 nitrogen and oxygen atoms in total. The highest BCUT2D eigenvalue weighted by molar-refractivity contribution is 6.43. The first kappa shape index (κ1) is 13.3. The number of anilines is 1. The van der Waals surface area contributed by atoms with Crippen molar-refractivity contribution in [3.63, 3.8) is 0 Å². The Labute approximate surface area is 119 Å². The lowest BCUT2D eigenvalue weighted by molar-refractivity contribution is 0.464. The van der Waals surface area contributed by atoms with Crippen molar-refractivity contribution in [3.05, 3.63) is 45.0 Å². The second-order valence-electron chi connectivity index (χ2n) is 3.65. The molecule has 0 aliphatic rings. The van der Waals surface area contributed by atoms with Crippen molar-refractivity contribution < 1.29 is 4.74 Å². The minimum Gasteiger partial charge on any atom is -0.435 e. The fourth-order valence-electron chi connectivity index (χ4n) is 1.31. The molecule has 1 heterocycles. The van der Waals surface area contributed by atoms with Crippen molar-refractivity contribution in [2.45, 2.75) is 6.92 Å². The summed E-state index contributed by atoms with van der Waals surface area (Å²) in [5.41, 5.74) is 6.97. The summed E-state index contributed by atoms with van der Waals surface area (Å²) in [5.74, 6) is 0.645. The van der Waals surface area contributed by atoms with E-state index in [-0.39, 0.29) is 5.88 Å². The lowest BCUT2D eigenvalue weighted by Gasteiger charge is -2.10. The number of ether oxygens (including phenoxy) is 1. The van der Waals surface area contributed by atoms with Gasteiger partial charge >= 0.3 is 0 Å². The molecule has 6 heteroatoms. The Bertz CT molecular complexity index is 602. The largest absolute Gasteiger partial charge is 0.435 e. The summed E-state index contributed by atoms with van der Waals surface area (Å²) in [6.07, 6.45) is 0. The van der Waals surface area contributed by atoms with Gasteiger partial charge in [-0.2, -0.15) is 0 Å². The van der Waals surface area contributed by atoms with E-state index in [1.165, 1.54) is 12.1 Å². The number of aromatic nitrogens is 1. The standard InChI is InChI=1S/C12H9Cl3N2O/c1-6-2-3-10(16)12(17-6)18-11-5-8(14)7(13)4-9(11)15/h2-5H,16H2,1H3. The van der Waals surface area contributed by atoms with E-state index >= 15 is 0 Å². The van der Waals surface area contributed by atoms with Crippen LogP contribution in [0.3, 0.4) is 0 Å². The first-order chi connectivity index (χ1) is 8.47. The highest BCUT2D eigenvalue weighted by Gasteiger charge is 2.10. The molecule has 0 radical (unpaired) electrons. The van der Waals surface area contributed by atoms with E-state index in [2.05, 4.69) is 4.98 Å². The Hall–Kier alpha value is -1.16. The van der Waals surface area contributed by atoms with E-state index in [1.54, 1.807) is 12.1 Å². The number of benzene rings is 1. The zero-order valence-corrected chi connectivity index (χ0v) is 11.6. The minimum absolute atomic E-state index is 0.287. The smallest absolute Gasteiger partial charge is 0.242 e. The number of halogens is 3. The molecular formula is C12H9Cl3N2O. The Morgan fingerprint density at radius 1 is 1.06 bits per heavy atom. The molecule has 0 spiro atoms. The fraction of sp³-hybridized carbons (Fsp3) is 0.0833. The van der Waals surface area contributed by atoms with Crippen LogP contribution < -0.4 is 10.5 Å². The van der Waals surface area contributed by atoms with E-state index in [9.17, 15) is 0 Å². The maximum atomic E-state index is 6.01. The maximum Gasteiger partial charge on any atom is 0.242 e. The van der Waals surface area contributed by atoms with E-state index in [0.717, 1.165) is 5.69 Å². The SMILES string of the molecule is Cc1ccc(N)c(Oc2cc(Cl)c(Cl)cc2Cl)n1. The first-order valence-corrected chi connectivity index (χ1v) is 6.16. The summed E-state index contributed by atoms with van der Waals surface area (Å²) >= 11 is 17.7. The average molecular weight is 304 g/mol. The molecule has 2 aromatic rings. The van der Waals surface area contributed by atoms with Crippen LogP contribution in [0.5, 0.6) is 11.6 Å². The second-order valence-corrected chi connectivity index (χ2v) is 4.87. The van der Waals surface area contributed by atoms with Gasteiger partial charge < -0.3 is 10.5 Å². The Balaban J connectivity index is 2.40. The van der Waals surface area contributed by atoms with Gasteiger partial charge in [0, 0.05) is 11.8 Å². The number of nitrogen functional groups attached to an aromatic ring is 1. The Morgan fingerprint density at radius 3 is 2.44 bits per heavy atom. The van der Waals surface area contributed by atoms with Gasteiger partial charge in [0.05, 0.1) is 20.8 Å². The molecule has 18 heavy (non-hydrogen) atoms. The summed E-state index contributed by atoms with van der Waals surface area (Å²) in [4.78, 5) is 4.18. The number of nitrogens with zero attached hydrogens (tertiary/aromatic N) is 1. The van der Waals surface area contributed by atoms with Gasteiger partial charge in [0.15, 0.2) is 0 Å². The molecule has 0 atom stereocenters. The molecule has 1 aromatic heterocycles. The monoisotopic (exact) mass is 302 g/mol. The molecular weight excluding hydrogens is 295 g/mol. The van der Waals surface area contributed by atoms with Crippen molar-refractivity contribution in [1.29, 1.82) is 0 Å². The fourth-order valence-corrected chi connectivity index (χ4v) is 1.89. The minimum atomic E-state index is 0.287. The van der Waals surface area contributed by atoms with Crippen LogP contribution >= 0.6 is 34.8 Å². The predicted molar refractivity (Wildman–Crippen MR) is 74.9 cm³/mol. The molecule has 0 aliphatic heterocycles. The van der Waals surface area contributed by atoms with Crippen LogP contribution in [0.1, 0.15) is 5.69 Å². The zero-order chi connectivity index (χ0) is 13.3. The van der Waals surface area contributed by atoms with Crippen molar-refractivity contribution in [3.8, 4) is 11.6 Å². The van der Waals surface area contributed by atoms with E-state index in [1.807, 2.05) is 6.92 Å². The first-order valence-electron chi connectivity index (χ1n) is 5.03. The Kier molecular flexibility index (Phi) is 3.85. The van der Waals surface area contributed by atoms with Gasteiger partial charge in [-0.15, -0.1) is 0 Å². The topological polar surface area (TPSA) is 48.1 Å². The molecule has 0 amide bonds. The van der Waals surface area contributed by atoms with Crippen LogP contribution in [0.25, 0.3) is 0 Å². The van der Waals surface area contributed by atoms with Crippen molar-refractivity contribution in [2.24, 2.45) is 0 Å². The summed E-state index contributed by atoms with van der Waals surface area (Å²) in [6, 6.07) is 6.53. The highest BCUT2D eigenvalue weighted by Crippen LogP contribution is 2.37. The third kappa shape index (κ3) is 2.80. The second kappa shape index (κ2) is 5.22. The third-order valence-corrected chi connectivity index (χ3v) is 3.23. The molecule has 0 bridgehead atoms. The van der Waals surface area contributed by atoms with Crippen molar-refractivity contribution in [2.75, 3.05) is 5.73 Å². The van der Waals surface area contributed by atoms with Gasteiger partial charge in [0.1, 0.15) is 5.75 Å². The highest BCUT2D eigenvalue weighted by atomic mass is 35.5. The summed E-state index contributed by atoms with van der Waals surface area (Å²) in [5, 5.41) is 1.05. The van der Waals surface area contributed by atoms with E-state index in [4.69, 9.17) is 45.3 Å². The molecule has 0 saturated heterocycles. The molecule has 0 unspecified atom stereocenters. The van der Waals surface area contributed by atoms with Crippen LogP contribution in [0.15, 0.2) is 24.3 Å². The average Bonchev–Trinajstić information content (AvgIpc) is 2.30. The van der Waals surface area contributed by atoms with Gasteiger partial charge in [-0.3, -0.25) is 0 Å². The molecule has 1 aromatic carbocycles. The van der Waals surface area contributed by atoms with Gasteiger partial charge in [0.2, 0.25) is 5.88 Å². The van der Waals surface area contributed by atoms with Crippen LogP contribution in [0, 0.1) is 6.92 Å². The molecule has 0 aliphatic carbocycles. The van der Waals surface area contributed by atoms with Gasteiger partial charge in [0.25, 0.3) is 0 Å². The number of rotatable bonds is 2. The van der Waals surface area contributed by atoms with Crippen LogP contribution in [-0.4, -0.2) is 4.98 Å². The number of nitrogens with two attached hydrogens (primary N) is 1. The lowest BCUT2D eigenvalue weighted by Crippen LogP contribution is -1.96. The predicted octanol–water partition coefficient (Wildman–Crippen LogP) is 4.72. The van der Waals surface area contributed by atoms with Gasteiger partial charge in [-0.25, -0.2) is 4.98 Å². The number of aryl methyl sites for hydroxylation is 1. The normalized spacial score (nSPS) is 10.4. The van der Waals surface area contributed by atoms with Gasteiger partial charge in [-0.1, -0.05) is 34.8 Å². The molecule has 2 N–H and O–H groups in total. The van der Waals surface area contributed by atoms with Crippen molar-refractivity contribution in [1.82, 2.24) is 4.98 Å². The van der Waals surface area contributed by atoms with Crippen LogP contribution in [-0.2, 0) is 0 Å². The van der Waals surface area contributed by atoms with Crippen LogP contribution in [0.4, 0.5) is 5.69 Å². The molecule has 94 valence electrons. The Morgan fingerprint density at radius 2 is 1.72 bits per heavy atom. The number of pyridine rings is 1. The number of hydrogen-bond acceptors (Lipinski definition) is 3. The van der Waals surface area contributed by atoms with Crippen LogP contribution in [0.2, 0.25) is 15.1 Å². The van der Waals surface area contributed by atoms with Crippen molar-refractivity contribution >= 4 is 40.5 Å². The molecule has 2 rings (SSSR count). The van der Waals surface area contributed by atoms with E-state index in [0.29, 0.717) is 26.5 Å². The lowest BCUT2D eigenvalue weighted by atomic mass is 10.3. The molecule has 0 fully saturated rings. The zero-order valence-electron chi connectivity index (χ0n) is 9.38. The summed E-state index contributed by atoms with van der Waals surface area (Å²) < 4.78 is 5.55. The summed E-state index contributed by atoms with van der Waals surface area (Å²) in [6.45, 7) is 1.84. The summed E-state index contributed by atoms with van der Waals surface area (Å²) in [7, 11) is 0. The van der Waals surface area contributed by atoms with Gasteiger partial charge in [-0.05, 0) is 25.1 Å². The quantitative estimate of drug-likeness (QED) is 0.816. The number of hydrogen-bond donors (Lipinski definition) is 1. The molecule has 0 saturated carbocycles. The maximum absolute atomic E-state index is 6.01. The van der Waals surface area contributed by atoms with E-state index < -0.39 is 0 Å².